The van der Waals surface area contributed by atoms with E-state index in [9.17, 15) is 4.79 Å². The van der Waals surface area contributed by atoms with Crippen LogP contribution >= 0.6 is 28.1 Å². The van der Waals surface area contributed by atoms with Gasteiger partial charge in [-0.05, 0) is 73.2 Å². The van der Waals surface area contributed by atoms with Crippen molar-refractivity contribution in [2.45, 2.75) is 20.8 Å². The number of carbonyl (C=O) groups is 1. The van der Waals surface area contributed by atoms with Crippen molar-refractivity contribution >= 4 is 45.0 Å². The van der Waals surface area contributed by atoms with Gasteiger partial charge in [-0.15, -0.1) is 0 Å². The molecule has 1 amide bonds. The Morgan fingerprint density at radius 3 is 2.31 bits per heavy atom. The highest BCUT2D eigenvalue weighted by Crippen LogP contribution is 2.23. The molecule has 0 atom stereocenters. The normalized spacial score (nSPS) is 10.2. The van der Waals surface area contributed by atoms with Gasteiger partial charge in [0.15, 0.2) is 5.11 Å². The molecule has 0 fully saturated rings. The molecule has 1 aromatic carbocycles. The summed E-state index contributed by atoms with van der Waals surface area (Å²) in [5.41, 5.74) is 1.21. The van der Waals surface area contributed by atoms with Crippen LogP contribution in [0.2, 0.25) is 0 Å². The van der Waals surface area contributed by atoms with Gasteiger partial charge in [0.2, 0.25) is 0 Å². The lowest BCUT2D eigenvalue weighted by Gasteiger charge is -2.12. The number of pyridine rings is 1. The fourth-order valence-corrected chi connectivity index (χ4v) is 2.56. The van der Waals surface area contributed by atoms with Crippen LogP contribution in [0.15, 0.2) is 34.8 Å². The molecule has 2 aromatic rings. The van der Waals surface area contributed by atoms with E-state index in [-0.39, 0.29) is 11.0 Å². The lowest BCUT2D eigenvalue weighted by atomic mass is 10.2. The van der Waals surface area contributed by atoms with Gasteiger partial charge in [0.05, 0.1) is 18.9 Å². The molecule has 0 saturated carbocycles. The molecule has 138 valence electrons. The number of aromatic nitrogens is 1. The van der Waals surface area contributed by atoms with Gasteiger partial charge in [0.25, 0.3) is 5.91 Å². The Bertz CT molecular complexity index is 790. The molecule has 0 radical (unpaired) electrons. The zero-order valence-electron chi connectivity index (χ0n) is 14.8. The van der Waals surface area contributed by atoms with Crippen LogP contribution in [-0.4, -0.2) is 29.2 Å². The summed E-state index contributed by atoms with van der Waals surface area (Å²) >= 11 is 8.59. The van der Waals surface area contributed by atoms with E-state index in [1.165, 1.54) is 0 Å². The third kappa shape index (κ3) is 5.67. The van der Waals surface area contributed by atoms with Gasteiger partial charge in [-0.3, -0.25) is 10.1 Å². The topological polar surface area (TPSA) is 72.5 Å². The maximum atomic E-state index is 12.5. The lowest BCUT2D eigenvalue weighted by Crippen LogP contribution is -2.34. The monoisotopic (exact) mass is 437 g/mol. The van der Waals surface area contributed by atoms with Crippen molar-refractivity contribution in [3.63, 3.8) is 0 Å². The third-order valence-electron chi connectivity index (χ3n) is 3.25. The molecule has 1 aromatic heterocycles. The van der Waals surface area contributed by atoms with E-state index >= 15 is 0 Å². The standard InChI is InChI=1S/C18H20BrN3O3S/c1-4-24-13-8-12(9-14(10-13)25-5-2)17(23)22-18(26)21-16-7-6-15(19)11(3)20-16/h6-10H,4-5H2,1-3H3,(H2,20,21,22,23,26). The van der Waals surface area contributed by atoms with E-state index in [0.29, 0.717) is 36.1 Å². The first kappa shape index (κ1) is 20.1. The minimum absolute atomic E-state index is 0.156. The van der Waals surface area contributed by atoms with Gasteiger partial charge in [-0.1, -0.05) is 0 Å². The van der Waals surface area contributed by atoms with Crippen molar-refractivity contribution in [3.8, 4) is 11.5 Å². The Labute approximate surface area is 166 Å². The summed E-state index contributed by atoms with van der Waals surface area (Å²) in [6.45, 7) is 6.60. The predicted octanol–water partition coefficient (Wildman–Crippen LogP) is 4.08. The number of aryl methyl sites for hydroxylation is 1. The number of rotatable bonds is 6. The summed E-state index contributed by atoms with van der Waals surface area (Å²) in [5, 5.41) is 5.69. The first-order chi connectivity index (χ1) is 12.4. The molecule has 8 heteroatoms. The summed E-state index contributed by atoms with van der Waals surface area (Å²) in [6.07, 6.45) is 0. The highest BCUT2D eigenvalue weighted by molar-refractivity contribution is 9.10. The van der Waals surface area contributed by atoms with Gasteiger partial charge in [-0.25, -0.2) is 4.98 Å². The van der Waals surface area contributed by atoms with Crippen LogP contribution in [0.3, 0.4) is 0 Å². The van der Waals surface area contributed by atoms with Crippen LogP contribution in [-0.2, 0) is 0 Å². The Morgan fingerprint density at radius 1 is 1.15 bits per heavy atom. The van der Waals surface area contributed by atoms with Gasteiger partial charge in [0.1, 0.15) is 17.3 Å². The fourth-order valence-electron chi connectivity index (χ4n) is 2.14. The minimum atomic E-state index is -0.362. The zero-order chi connectivity index (χ0) is 19.1. The Morgan fingerprint density at radius 2 is 1.77 bits per heavy atom. The van der Waals surface area contributed by atoms with Crippen LogP contribution in [0, 0.1) is 6.92 Å². The van der Waals surface area contributed by atoms with E-state index in [4.69, 9.17) is 21.7 Å². The molecule has 26 heavy (non-hydrogen) atoms. The second-order valence-electron chi connectivity index (χ2n) is 5.23. The van der Waals surface area contributed by atoms with E-state index in [1.54, 1.807) is 24.3 Å². The van der Waals surface area contributed by atoms with E-state index in [0.717, 1.165) is 10.2 Å². The number of nitrogens with one attached hydrogen (secondary N) is 2. The maximum absolute atomic E-state index is 12.5. The SMILES string of the molecule is CCOc1cc(OCC)cc(C(=O)NC(=S)Nc2ccc(Br)c(C)n2)c1. The number of hydrogen-bond acceptors (Lipinski definition) is 5. The number of amides is 1. The zero-order valence-corrected chi connectivity index (χ0v) is 17.2. The predicted molar refractivity (Wildman–Crippen MR) is 109 cm³/mol. The van der Waals surface area contributed by atoms with Crippen molar-refractivity contribution in [3.05, 3.63) is 46.1 Å². The second kappa shape index (κ2) is 9.49. The largest absolute Gasteiger partial charge is 0.494 e. The first-order valence-electron chi connectivity index (χ1n) is 8.09. The summed E-state index contributed by atoms with van der Waals surface area (Å²) in [5.74, 6) is 1.31. The van der Waals surface area contributed by atoms with E-state index in [2.05, 4.69) is 31.5 Å². The van der Waals surface area contributed by atoms with Gasteiger partial charge in [0, 0.05) is 16.1 Å². The fraction of sp³-hybridized carbons (Fsp3) is 0.278. The molecule has 0 spiro atoms. The number of hydrogen-bond donors (Lipinski definition) is 2. The van der Waals surface area contributed by atoms with Crippen molar-refractivity contribution in [1.82, 2.24) is 10.3 Å². The highest BCUT2D eigenvalue weighted by Gasteiger charge is 2.12. The van der Waals surface area contributed by atoms with Crippen LogP contribution < -0.4 is 20.1 Å². The Hall–Kier alpha value is -2.19. The summed E-state index contributed by atoms with van der Waals surface area (Å²) in [4.78, 5) is 16.8. The Kier molecular flexibility index (Phi) is 7.35. The molecule has 2 rings (SSSR count). The molecular formula is C18H20BrN3O3S. The van der Waals surface area contributed by atoms with Crippen molar-refractivity contribution in [2.75, 3.05) is 18.5 Å². The van der Waals surface area contributed by atoms with Crippen LogP contribution in [0.25, 0.3) is 0 Å². The molecule has 0 aliphatic rings. The van der Waals surface area contributed by atoms with E-state index < -0.39 is 0 Å². The van der Waals surface area contributed by atoms with Crippen LogP contribution in [0.1, 0.15) is 29.9 Å². The molecule has 0 aliphatic heterocycles. The van der Waals surface area contributed by atoms with Crippen molar-refractivity contribution in [1.29, 1.82) is 0 Å². The summed E-state index contributed by atoms with van der Waals surface area (Å²) in [7, 11) is 0. The summed E-state index contributed by atoms with van der Waals surface area (Å²) < 4.78 is 11.9. The van der Waals surface area contributed by atoms with Gasteiger partial charge < -0.3 is 14.8 Å². The van der Waals surface area contributed by atoms with Crippen molar-refractivity contribution < 1.29 is 14.3 Å². The number of anilines is 1. The maximum Gasteiger partial charge on any atom is 0.257 e. The third-order valence-corrected chi connectivity index (χ3v) is 4.30. The molecular weight excluding hydrogens is 418 g/mol. The number of ether oxygens (including phenoxy) is 2. The Balaban J connectivity index is 2.10. The van der Waals surface area contributed by atoms with Crippen molar-refractivity contribution in [2.24, 2.45) is 0 Å². The second-order valence-corrected chi connectivity index (χ2v) is 6.49. The van der Waals surface area contributed by atoms with Crippen LogP contribution in [0.4, 0.5) is 5.82 Å². The highest BCUT2D eigenvalue weighted by atomic mass is 79.9. The quantitative estimate of drug-likeness (QED) is 0.663. The number of halogens is 1. The molecule has 6 nitrogen and oxygen atoms in total. The van der Waals surface area contributed by atoms with Gasteiger partial charge >= 0.3 is 0 Å². The van der Waals surface area contributed by atoms with Crippen LogP contribution in [0.5, 0.6) is 11.5 Å². The number of benzene rings is 1. The number of carbonyl (C=O) groups excluding carboxylic acids is 1. The average Bonchev–Trinajstić information content (AvgIpc) is 2.58. The number of nitrogens with zero attached hydrogens (tertiary/aromatic N) is 1. The molecule has 0 bridgehead atoms. The number of thiocarbonyl (C=S) groups is 1. The van der Waals surface area contributed by atoms with Gasteiger partial charge in [-0.2, -0.15) is 0 Å². The molecule has 2 N–H and O–H groups in total. The minimum Gasteiger partial charge on any atom is -0.494 e. The smallest absolute Gasteiger partial charge is 0.257 e. The molecule has 1 heterocycles. The first-order valence-corrected chi connectivity index (χ1v) is 9.29. The molecule has 0 unspecified atom stereocenters. The van der Waals surface area contributed by atoms with E-state index in [1.807, 2.05) is 26.8 Å². The summed E-state index contributed by atoms with van der Waals surface area (Å²) in [6, 6.07) is 8.65. The lowest BCUT2D eigenvalue weighted by molar-refractivity contribution is 0.0977. The molecule has 0 saturated heterocycles. The average molecular weight is 438 g/mol. The molecule has 0 aliphatic carbocycles.